The van der Waals surface area contributed by atoms with E-state index in [1.165, 1.54) is 0 Å². The first-order valence-corrected chi connectivity index (χ1v) is 7.35. The highest BCUT2D eigenvalue weighted by molar-refractivity contribution is 5.83. The molecule has 116 valence electrons. The highest BCUT2D eigenvalue weighted by Gasteiger charge is 2.31. The van der Waals surface area contributed by atoms with Crippen molar-refractivity contribution in [1.29, 1.82) is 0 Å². The van der Waals surface area contributed by atoms with Gasteiger partial charge in [0.05, 0.1) is 7.11 Å². The maximum Gasteiger partial charge on any atom is 0.244 e. The zero-order chi connectivity index (χ0) is 15.4. The van der Waals surface area contributed by atoms with Crippen LogP contribution in [0.4, 0.5) is 0 Å². The fourth-order valence-corrected chi connectivity index (χ4v) is 2.76. The fraction of sp³-hybridized carbons (Fsp3) is 0.562. The molecule has 0 saturated carbocycles. The monoisotopic (exact) mass is 291 g/mol. The van der Waals surface area contributed by atoms with Gasteiger partial charge in [0.2, 0.25) is 5.91 Å². The van der Waals surface area contributed by atoms with Gasteiger partial charge in [-0.15, -0.1) is 0 Å². The normalized spacial score (nSPS) is 20.9. The smallest absolute Gasteiger partial charge is 0.244 e. The van der Waals surface area contributed by atoms with E-state index in [9.17, 15) is 4.79 Å². The van der Waals surface area contributed by atoms with Gasteiger partial charge in [-0.25, -0.2) is 0 Å². The van der Waals surface area contributed by atoms with Crippen LogP contribution < -0.4 is 10.1 Å². The van der Waals surface area contributed by atoms with Crippen LogP contribution in [0.2, 0.25) is 0 Å². The number of hydrogen-bond acceptors (Lipinski definition) is 4. The molecule has 0 spiro atoms. The number of methoxy groups -OCH3 is 1. The van der Waals surface area contributed by atoms with E-state index in [0.29, 0.717) is 6.04 Å². The first-order chi connectivity index (χ1) is 10.0. The molecule has 1 aromatic rings. The molecule has 0 aliphatic carbocycles. The Labute approximate surface area is 126 Å². The zero-order valence-electron chi connectivity index (χ0n) is 13.3. The molecule has 1 saturated heterocycles. The van der Waals surface area contributed by atoms with Crippen LogP contribution in [-0.2, 0) is 4.79 Å². The lowest BCUT2D eigenvalue weighted by Gasteiger charge is -2.38. The third kappa shape index (κ3) is 3.74. The number of nitrogens with zero attached hydrogens (tertiary/aromatic N) is 2. The van der Waals surface area contributed by atoms with Gasteiger partial charge in [0.15, 0.2) is 0 Å². The summed E-state index contributed by atoms with van der Waals surface area (Å²) >= 11 is 0. The predicted molar refractivity (Wildman–Crippen MR) is 83.5 cm³/mol. The van der Waals surface area contributed by atoms with E-state index in [2.05, 4.69) is 17.1 Å². The fourth-order valence-electron chi connectivity index (χ4n) is 2.76. The number of benzene rings is 1. The van der Waals surface area contributed by atoms with Crippen molar-refractivity contribution in [3.05, 3.63) is 29.8 Å². The van der Waals surface area contributed by atoms with Gasteiger partial charge < -0.3 is 15.0 Å². The van der Waals surface area contributed by atoms with E-state index < -0.39 is 0 Å². The summed E-state index contributed by atoms with van der Waals surface area (Å²) < 4.78 is 5.30. The first kappa shape index (κ1) is 15.8. The summed E-state index contributed by atoms with van der Waals surface area (Å²) in [5.74, 6) is 0.893. The molecule has 5 nitrogen and oxygen atoms in total. The maximum atomic E-state index is 12.7. The molecule has 1 aliphatic heterocycles. The number of likely N-dealkylation sites (N-methyl/N-ethyl adjacent to an activating group) is 1. The van der Waals surface area contributed by atoms with E-state index in [1.807, 2.05) is 24.3 Å². The summed E-state index contributed by atoms with van der Waals surface area (Å²) in [5, 5.41) is 3.42. The van der Waals surface area contributed by atoms with Crippen molar-refractivity contribution in [3.63, 3.8) is 0 Å². The lowest BCUT2D eigenvalue weighted by molar-refractivity contribution is -0.135. The maximum absolute atomic E-state index is 12.7. The quantitative estimate of drug-likeness (QED) is 0.903. The average molecular weight is 291 g/mol. The summed E-state index contributed by atoms with van der Waals surface area (Å²) in [6.45, 7) is 4.78. The molecular formula is C16H25N3O2. The minimum absolute atomic E-state index is 0.109. The molecule has 0 radical (unpaired) electrons. The Balaban J connectivity index is 2.32. The van der Waals surface area contributed by atoms with Crippen molar-refractivity contribution in [2.45, 2.75) is 19.0 Å². The van der Waals surface area contributed by atoms with E-state index in [1.54, 1.807) is 26.1 Å². The van der Waals surface area contributed by atoms with Gasteiger partial charge in [0.1, 0.15) is 11.8 Å². The van der Waals surface area contributed by atoms with Crippen LogP contribution in [-0.4, -0.2) is 62.6 Å². The van der Waals surface area contributed by atoms with Crippen molar-refractivity contribution in [3.8, 4) is 5.75 Å². The van der Waals surface area contributed by atoms with Crippen LogP contribution >= 0.6 is 0 Å². The Hall–Kier alpha value is -1.59. The number of ether oxygens (including phenoxy) is 1. The van der Waals surface area contributed by atoms with Gasteiger partial charge in [0, 0.05) is 39.8 Å². The van der Waals surface area contributed by atoms with E-state index >= 15 is 0 Å². The van der Waals surface area contributed by atoms with Gasteiger partial charge in [0.25, 0.3) is 0 Å². The van der Waals surface area contributed by atoms with Crippen LogP contribution in [0.1, 0.15) is 18.5 Å². The van der Waals surface area contributed by atoms with Crippen LogP contribution in [0.3, 0.4) is 0 Å². The van der Waals surface area contributed by atoms with Crippen molar-refractivity contribution in [2.24, 2.45) is 0 Å². The van der Waals surface area contributed by atoms with Crippen LogP contribution in [0.5, 0.6) is 5.75 Å². The second-order valence-corrected chi connectivity index (χ2v) is 5.76. The molecule has 2 unspecified atom stereocenters. The molecular weight excluding hydrogens is 266 g/mol. The minimum Gasteiger partial charge on any atom is -0.497 e. The lowest BCUT2D eigenvalue weighted by Crippen LogP contribution is -2.53. The van der Waals surface area contributed by atoms with Gasteiger partial charge in [-0.1, -0.05) is 12.1 Å². The second-order valence-electron chi connectivity index (χ2n) is 5.76. The van der Waals surface area contributed by atoms with Crippen LogP contribution in [0.15, 0.2) is 24.3 Å². The third-order valence-electron chi connectivity index (χ3n) is 3.85. The molecule has 5 heteroatoms. The van der Waals surface area contributed by atoms with Crippen molar-refractivity contribution < 1.29 is 9.53 Å². The van der Waals surface area contributed by atoms with Crippen molar-refractivity contribution >= 4 is 5.91 Å². The minimum atomic E-state index is -0.250. The third-order valence-corrected chi connectivity index (χ3v) is 3.85. The first-order valence-electron chi connectivity index (χ1n) is 7.35. The van der Waals surface area contributed by atoms with Gasteiger partial charge >= 0.3 is 0 Å². The standard InChI is InChI=1S/C16H25N3O2/c1-12-11-19(9-8-17-12)15(16(20)18(2)3)13-6-5-7-14(10-13)21-4/h5-7,10,12,15,17H,8-9,11H2,1-4H3. The number of piperazine rings is 1. The molecule has 1 fully saturated rings. The molecule has 2 rings (SSSR count). The summed E-state index contributed by atoms with van der Waals surface area (Å²) in [6.07, 6.45) is 0. The van der Waals surface area contributed by atoms with Gasteiger partial charge in [-0.2, -0.15) is 0 Å². The SMILES string of the molecule is COc1cccc(C(C(=O)N(C)C)N2CCNC(C)C2)c1. The zero-order valence-corrected chi connectivity index (χ0v) is 13.3. The van der Waals surface area contributed by atoms with Crippen LogP contribution in [0.25, 0.3) is 0 Å². The molecule has 1 N–H and O–H groups in total. The average Bonchev–Trinajstić information content (AvgIpc) is 2.47. The number of nitrogens with one attached hydrogen (secondary N) is 1. The molecule has 2 atom stereocenters. The Morgan fingerprint density at radius 1 is 1.48 bits per heavy atom. The van der Waals surface area contributed by atoms with Gasteiger partial charge in [-0.3, -0.25) is 9.69 Å². The number of hydrogen-bond donors (Lipinski definition) is 1. The predicted octanol–water partition coefficient (Wildman–Crippen LogP) is 1.12. The van der Waals surface area contributed by atoms with E-state index in [-0.39, 0.29) is 11.9 Å². The van der Waals surface area contributed by atoms with Crippen LogP contribution in [0, 0.1) is 0 Å². The number of carbonyl (C=O) groups is 1. The number of amides is 1. The molecule has 0 bridgehead atoms. The van der Waals surface area contributed by atoms with E-state index in [0.717, 1.165) is 30.9 Å². The van der Waals surface area contributed by atoms with Crippen molar-refractivity contribution in [1.82, 2.24) is 15.1 Å². The molecule has 0 aromatic heterocycles. The van der Waals surface area contributed by atoms with E-state index in [4.69, 9.17) is 4.74 Å². The Morgan fingerprint density at radius 3 is 2.86 bits per heavy atom. The Bertz CT molecular complexity index is 490. The largest absolute Gasteiger partial charge is 0.497 e. The Morgan fingerprint density at radius 2 is 2.24 bits per heavy atom. The topological polar surface area (TPSA) is 44.8 Å². The van der Waals surface area contributed by atoms with Gasteiger partial charge in [-0.05, 0) is 24.6 Å². The molecule has 1 aromatic carbocycles. The number of rotatable bonds is 4. The highest BCUT2D eigenvalue weighted by atomic mass is 16.5. The highest BCUT2D eigenvalue weighted by Crippen LogP contribution is 2.26. The molecule has 1 aliphatic rings. The summed E-state index contributed by atoms with van der Waals surface area (Å²) in [4.78, 5) is 16.6. The molecule has 1 amide bonds. The molecule has 1 heterocycles. The summed E-state index contributed by atoms with van der Waals surface area (Å²) in [6, 6.07) is 7.94. The summed E-state index contributed by atoms with van der Waals surface area (Å²) in [7, 11) is 5.26. The molecule has 21 heavy (non-hydrogen) atoms. The Kier molecular flexibility index (Phi) is 5.20. The second kappa shape index (κ2) is 6.91. The number of carbonyl (C=O) groups excluding carboxylic acids is 1. The van der Waals surface area contributed by atoms with Crippen molar-refractivity contribution in [2.75, 3.05) is 40.8 Å². The lowest BCUT2D eigenvalue weighted by atomic mass is 10.0. The summed E-state index contributed by atoms with van der Waals surface area (Å²) in [5.41, 5.74) is 0.988.